The van der Waals surface area contributed by atoms with Crippen molar-refractivity contribution in [2.24, 2.45) is 0 Å². The van der Waals surface area contributed by atoms with Crippen LogP contribution >= 0.6 is 0 Å². The zero-order valence-corrected chi connectivity index (χ0v) is 14.2. The van der Waals surface area contributed by atoms with Crippen LogP contribution in [-0.4, -0.2) is 55.6 Å². The van der Waals surface area contributed by atoms with E-state index in [1.165, 1.54) is 0 Å². The van der Waals surface area contributed by atoms with Crippen molar-refractivity contribution in [1.29, 1.82) is 0 Å². The van der Waals surface area contributed by atoms with Gasteiger partial charge in [0.1, 0.15) is 0 Å². The van der Waals surface area contributed by atoms with Crippen molar-refractivity contribution in [3.63, 3.8) is 0 Å². The van der Waals surface area contributed by atoms with E-state index in [-0.39, 0.29) is 18.4 Å². The molecule has 1 aliphatic heterocycles. The van der Waals surface area contributed by atoms with Gasteiger partial charge in [0, 0.05) is 32.7 Å². The molecule has 1 heterocycles. The Morgan fingerprint density at radius 2 is 1.87 bits per heavy atom. The summed E-state index contributed by atoms with van der Waals surface area (Å²) in [5.74, 6) is -2.51. The van der Waals surface area contributed by atoms with Crippen LogP contribution in [0.25, 0.3) is 0 Å². The Balaban J connectivity index is 1.79. The lowest BCUT2D eigenvalue weighted by molar-refractivity contribution is -0.133. The Bertz CT molecular complexity index is 372. The zero-order chi connectivity index (χ0) is 16.7. The summed E-state index contributed by atoms with van der Waals surface area (Å²) < 4.78 is 33.5. The summed E-state index contributed by atoms with van der Waals surface area (Å²) in [6.07, 6.45) is 5.94. The molecule has 1 saturated heterocycles. The minimum Gasteiger partial charge on any atom is -0.384 e. The fourth-order valence-corrected chi connectivity index (χ4v) is 3.58. The molecule has 2 fully saturated rings. The van der Waals surface area contributed by atoms with Crippen molar-refractivity contribution in [3.05, 3.63) is 0 Å². The molecule has 0 bridgehead atoms. The molecular formula is C17H30F2N2O2. The summed E-state index contributed by atoms with van der Waals surface area (Å²) >= 11 is 0. The van der Waals surface area contributed by atoms with Crippen LogP contribution in [-0.2, 0) is 9.53 Å². The van der Waals surface area contributed by atoms with E-state index in [1.807, 2.05) is 4.90 Å². The van der Waals surface area contributed by atoms with Crippen molar-refractivity contribution in [2.75, 3.05) is 26.8 Å². The molecule has 1 saturated carbocycles. The fraction of sp³-hybridized carbons (Fsp3) is 0.941. The number of hydrogen-bond donors (Lipinski definition) is 1. The number of alkyl halides is 2. The van der Waals surface area contributed by atoms with Crippen LogP contribution in [0.3, 0.4) is 0 Å². The molecule has 0 radical (unpaired) electrons. The average molecular weight is 332 g/mol. The SMILES string of the molecule is COCCC(=O)N1CCC(NC2CCCCCCC2(F)F)CC1. The van der Waals surface area contributed by atoms with E-state index in [9.17, 15) is 13.6 Å². The Morgan fingerprint density at radius 3 is 2.57 bits per heavy atom. The van der Waals surface area contributed by atoms with Gasteiger partial charge in [-0.3, -0.25) is 4.79 Å². The van der Waals surface area contributed by atoms with E-state index >= 15 is 0 Å². The number of halogens is 2. The Kier molecular flexibility index (Phi) is 7.21. The van der Waals surface area contributed by atoms with Gasteiger partial charge < -0.3 is 15.0 Å². The Morgan fingerprint density at radius 1 is 1.17 bits per heavy atom. The number of nitrogens with one attached hydrogen (secondary N) is 1. The van der Waals surface area contributed by atoms with Crippen LogP contribution in [0, 0.1) is 0 Å². The Labute approximate surface area is 137 Å². The molecule has 0 aromatic rings. The number of nitrogens with zero attached hydrogens (tertiary/aromatic N) is 1. The number of methoxy groups -OCH3 is 1. The smallest absolute Gasteiger partial charge is 0.263 e. The van der Waals surface area contributed by atoms with Gasteiger partial charge >= 0.3 is 0 Å². The molecule has 1 atom stereocenters. The normalized spacial score (nSPS) is 26.6. The molecule has 1 amide bonds. The van der Waals surface area contributed by atoms with E-state index in [1.54, 1.807) is 7.11 Å². The number of amides is 1. The number of likely N-dealkylation sites (tertiary alicyclic amines) is 1. The van der Waals surface area contributed by atoms with E-state index in [0.29, 0.717) is 39.0 Å². The van der Waals surface area contributed by atoms with Gasteiger partial charge in [-0.1, -0.05) is 19.3 Å². The highest BCUT2D eigenvalue weighted by Crippen LogP contribution is 2.32. The van der Waals surface area contributed by atoms with Gasteiger partial charge in [-0.25, -0.2) is 8.78 Å². The van der Waals surface area contributed by atoms with Crippen LogP contribution in [0.5, 0.6) is 0 Å². The van der Waals surface area contributed by atoms with Gasteiger partial charge in [-0.2, -0.15) is 0 Å². The molecule has 4 nitrogen and oxygen atoms in total. The summed E-state index contributed by atoms with van der Waals surface area (Å²) in [7, 11) is 1.58. The van der Waals surface area contributed by atoms with Crippen LogP contribution in [0.15, 0.2) is 0 Å². The summed E-state index contributed by atoms with van der Waals surface area (Å²) in [6.45, 7) is 1.74. The topological polar surface area (TPSA) is 41.6 Å². The van der Waals surface area contributed by atoms with Crippen molar-refractivity contribution < 1.29 is 18.3 Å². The first-order valence-corrected chi connectivity index (χ1v) is 8.93. The summed E-state index contributed by atoms with van der Waals surface area (Å²) in [4.78, 5) is 13.8. The first-order valence-electron chi connectivity index (χ1n) is 8.93. The van der Waals surface area contributed by atoms with E-state index in [2.05, 4.69) is 5.32 Å². The van der Waals surface area contributed by atoms with Gasteiger partial charge in [0.05, 0.1) is 19.1 Å². The summed E-state index contributed by atoms with van der Waals surface area (Å²) in [5.41, 5.74) is 0. The quantitative estimate of drug-likeness (QED) is 0.841. The number of ether oxygens (including phenoxy) is 1. The zero-order valence-electron chi connectivity index (χ0n) is 14.2. The third-order valence-electron chi connectivity index (χ3n) is 5.07. The maximum atomic E-state index is 14.3. The van der Waals surface area contributed by atoms with Gasteiger partial charge in [0.25, 0.3) is 5.92 Å². The largest absolute Gasteiger partial charge is 0.384 e. The minimum atomic E-state index is -2.61. The van der Waals surface area contributed by atoms with Gasteiger partial charge in [0.15, 0.2) is 0 Å². The summed E-state index contributed by atoms with van der Waals surface area (Å²) in [5, 5.41) is 3.21. The molecule has 0 spiro atoms. The predicted octanol–water partition coefficient (Wildman–Crippen LogP) is 2.96. The van der Waals surface area contributed by atoms with Crippen LogP contribution in [0.1, 0.15) is 57.8 Å². The van der Waals surface area contributed by atoms with E-state index in [4.69, 9.17) is 4.74 Å². The molecule has 1 unspecified atom stereocenters. The van der Waals surface area contributed by atoms with Gasteiger partial charge in [-0.05, 0) is 25.7 Å². The lowest BCUT2D eigenvalue weighted by Gasteiger charge is -2.37. The number of hydrogen-bond acceptors (Lipinski definition) is 3. The van der Waals surface area contributed by atoms with Crippen LogP contribution in [0.2, 0.25) is 0 Å². The van der Waals surface area contributed by atoms with E-state index in [0.717, 1.165) is 32.1 Å². The maximum absolute atomic E-state index is 14.3. The van der Waals surface area contributed by atoms with Crippen LogP contribution < -0.4 is 5.32 Å². The van der Waals surface area contributed by atoms with Crippen molar-refractivity contribution in [3.8, 4) is 0 Å². The van der Waals surface area contributed by atoms with Crippen molar-refractivity contribution in [1.82, 2.24) is 10.2 Å². The third-order valence-corrected chi connectivity index (χ3v) is 5.07. The average Bonchev–Trinajstić information content (AvgIpc) is 2.53. The molecule has 2 aliphatic rings. The van der Waals surface area contributed by atoms with Crippen molar-refractivity contribution >= 4 is 5.91 Å². The second kappa shape index (κ2) is 8.92. The minimum absolute atomic E-state index is 0.000977. The molecule has 6 heteroatoms. The number of piperidine rings is 1. The molecule has 1 N–H and O–H groups in total. The second-order valence-electron chi connectivity index (χ2n) is 6.83. The molecule has 0 aromatic heterocycles. The molecule has 23 heavy (non-hydrogen) atoms. The first-order chi connectivity index (χ1) is 11.0. The summed E-state index contributed by atoms with van der Waals surface area (Å²) in [6, 6.07) is -0.611. The molecule has 1 aliphatic carbocycles. The monoisotopic (exact) mass is 332 g/mol. The Hall–Kier alpha value is -0.750. The molecular weight excluding hydrogens is 302 g/mol. The number of rotatable bonds is 5. The van der Waals surface area contributed by atoms with Crippen LogP contribution in [0.4, 0.5) is 8.78 Å². The highest BCUT2D eigenvalue weighted by atomic mass is 19.3. The number of carbonyl (C=O) groups is 1. The predicted molar refractivity (Wildman–Crippen MR) is 85.7 cm³/mol. The van der Waals surface area contributed by atoms with Gasteiger partial charge in [0.2, 0.25) is 5.91 Å². The molecule has 134 valence electrons. The highest BCUT2D eigenvalue weighted by Gasteiger charge is 2.40. The highest BCUT2D eigenvalue weighted by molar-refractivity contribution is 5.76. The second-order valence-corrected chi connectivity index (χ2v) is 6.83. The maximum Gasteiger partial charge on any atom is 0.263 e. The number of carbonyl (C=O) groups excluding carboxylic acids is 1. The molecule has 0 aromatic carbocycles. The fourth-order valence-electron chi connectivity index (χ4n) is 3.58. The first kappa shape index (κ1) is 18.6. The van der Waals surface area contributed by atoms with Gasteiger partial charge in [-0.15, -0.1) is 0 Å². The third kappa shape index (κ3) is 5.68. The van der Waals surface area contributed by atoms with Crippen molar-refractivity contribution in [2.45, 2.75) is 75.8 Å². The lowest BCUT2D eigenvalue weighted by atomic mass is 9.91. The standard InChI is InChI=1S/C17H30F2N2O2/c1-23-13-9-16(22)21-11-7-14(8-12-21)20-15-6-4-2-3-5-10-17(15,18)19/h14-15,20H,2-13H2,1H3. The van der Waals surface area contributed by atoms with E-state index < -0.39 is 12.0 Å². The molecule has 2 rings (SSSR count). The lowest BCUT2D eigenvalue weighted by Crippen LogP contribution is -2.53.